The van der Waals surface area contributed by atoms with Crippen LogP contribution in [0.4, 0.5) is 0 Å². The number of ether oxygens (including phenoxy) is 2. The fourth-order valence-electron chi connectivity index (χ4n) is 3.37. The van der Waals surface area contributed by atoms with Crippen LogP contribution in [0.15, 0.2) is 47.0 Å². The summed E-state index contributed by atoms with van der Waals surface area (Å²) in [5.74, 6) is 0.741. The number of carbonyl (C=O) groups excluding carboxylic acids is 1. The summed E-state index contributed by atoms with van der Waals surface area (Å²) in [5.41, 5.74) is 2.13. The van der Waals surface area contributed by atoms with Crippen molar-refractivity contribution in [1.82, 2.24) is 10.5 Å². The summed E-state index contributed by atoms with van der Waals surface area (Å²) in [6.45, 7) is 8.63. The van der Waals surface area contributed by atoms with Crippen LogP contribution >= 0.6 is 0 Å². The first kappa shape index (κ1) is 22.0. The zero-order valence-electron chi connectivity index (χ0n) is 17.9. The van der Waals surface area contributed by atoms with Gasteiger partial charge in [0.15, 0.2) is 11.5 Å². The van der Waals surface area contributed by atoms with Crippen LogP contribution in [0.3, 0.4) is 0 Å². The molecule has 0 aliphatic carbocycles. The minimum Gasteiger partial charge on any atom is -0.381 e. The number of hydrogen-bond donors (Lipinski definition) is 1. The molecule has 1 amide bonds. The Morgan fingerprint density at radius 1 is 1.17 bits per heavy atom. The molecule has 4 rings (SSSR count). The lowest BCUT2D eigenvalue weighted by atomic mass is 10.1. The Morgan fingerprint density at radius 3 is 2.73 bits per heavy atom. The van der Waals surface area contributed by atoms with Crippen molar-refractivity contribution in [1.29, 1.82) is 0 Å². The van der Waals surface area contributed by atoms with Crippen LogP contribution in [-0.4, -0.2) is 30.8 Å². The highest BCUT2D eigenvalue weighted by Gasteiger charge is 2.21. The molecule has 1 fully saturated rings. The number of amides is 1. The van der Waals surface area contributed by atoms with E-state index in [2.05, 4.69) is 40.8 Å². The third kappa shape index (κ3) is 5.46. The van der Waals surface area contributed by atoms with E-state index in [9.17, 15) is 4.79 Å². The summed E-state index contributed by atoms with van der Waals surface area (Å²) < 4.78 is 16.4. The molecule has 2 heterocycles. The summed E-state index contributed by atoms with van der Waals surface area (Å²) >= 11 is 0. The number of benzene rings is 2. The van der Waals surface area contributed by atoms with Gasteiger partial charge in [-0.2, -0.15) is 0 Å². The number of carbonyl (C=O) groups is 1. The van der Waals surface area contributed by atoms with Crippen LogP contribution in [0.2, 0.25) is 0 Å². The largest absolute Gasteiger partial charge is 0.381 e. The van der Waals surface area contributed by atoms with Gasteiger partial charge in [-0.15, -0.1) is 0 Å². The maximum absolute atomic E-state index is 12.3. The first-order chi connectivity index (χ1) is 14.7. The number of nitrogens with zero attached hydrogens (tertiary/aromatic N) is 1. The molecule has 0 bridgehead atoms. The number of aromatic nitrogens is 1. The lowest BCUT2D eigenvalue weighted by molar-refractivity contribution is 0.0874. The number of hydrogen-bond acceptors (Lipinski definition) is 5. The monoisotopic (exact) mass is 410 g/mol. The zero-order valence-corrected chi connectivity index (χ0v) is 17.9. The van der Waals surface area contributed by atoms with Crippen molar-refractivity contribution in [3.8, 4) is 0 Å². The lowest BCUT2D eigenvalue weighted by Crippen LogP contribution is -2.30. The lowest BCUT2D eigenvalue weighted by Gasteiger charge is -2.08. The van der Waals surface area contributed by atoms with E-state index in [1.165, 1.54) is 10.8 Å². The van der Waals surface area contributed by atoms with E-state index in [0.717, 1.165) is 24.2 Å². The zero-order chi connectivity index (χ0) is 21.3. The Balaban J connectivity index is 0.00000124. The van der Waals surface area contributed by atoms with Crippen molar-refractivity contribution in [3.05, 3.63) is 65.0 Å². The minimum absolute atomic E-state index is 0.214. The minimum atomic E-state index is -0.214. The number of nitrogens with one attached hydrogen (secondary N) is 1. The first-order valence-electron chi connectivity index (χ1n) is 10.6. The van der Waals surface area contributed by atoms with E-state index in [1.54, 1.807) is 0 Å². The van der Waals surface area contributed by atoms with Crippen LogP contribution in [0.25, 0.3) is 10.8 Å². The van der Waals surface area contributed by atoms with E-state index in [-0.39, 0.29) is 12.5 Å². The van der Waals surface area contributed by atoms with Crippen LogP contribution in [0, 0.1) is 12.8 Å². The molecule has 1 unspecified atom stereocenters. The maximum atomic E-state index is 12.3. The van der Waals surface area contributed by atoms with E-state index in [0.29, 0.717) is 37.1 Å². The van der Waals surface area contributed by atoms with Crippen molar-refractivity contribution < 1.29 is 18.8 Å². The molecule has 1 aliphatic heterocycles. The molecule has 1 atom stereocenters. The molecule has 0 spiro atoms. The van der Waals surface area contributed by atoms with E-state index >= 15 is 0 Å². The molecule has 1 saturated heterocycles. The highest BCUT2D eigenvalue weighted by molar-refractivity contribution is 5.93. The smallest absolute Gasteiger partial charge is 0.273 e. The van der Waals surface area contributed by atoms with Crippen LogP contribution in [0.5, 0.6) is 0 Å². The van der Waals surface area contributed by atoms with Gasteiger partial charge < -0.3 is 19.3 Å². The second-order valence-electron chi connectivity index (χ2n) is 7.19. The molecule has 160 valence electrons. The normalized spacial score (nSPS) is 15.6. The van der Waals surface area contributed by atoms with E-state index < -0.39 is 0 Å². The van der Waals surface area contributed by atoms with Gasteiger partial charge in [-0.05, 0) is 35.7 Å². The highest BCUT2D eigenvalue weighted by Crippen LogP contribution is 2.18. The predicted molar refractivity (Wildman–Crippen MR) is 116 cm³/mol. The summed E-state index contributed by atoms with van der Waals surface area (Å²) in [4.78, 5) is 12.3. The predicted octanol–water partition coefficient (Wildman–Crippen LogP) is 4.65. The maximum Gasteiger partial charge on any atom is 0.273 e. The molecule has 1 aliphatic rings. The van der Waals surface area contributed by atoms with Crippen molar-refractivity contribution in [2.45, 2.75) is 40.4 Å². The molecule has 1 aromatic heterocycles. The fraction of sp³-hybridized carbons (Fsp3) is 0.417. The van der Waals surface area contributed by atoms with Crippen LogP contribution < -0.4 is 5.32 Å². The van der Waals surface area contributed by atoms with Gasteiger partial charge in [0.05, 0.1) is 13.2 Å². The average Bonchev–Trinajstić information content (AvgIpc) is 3.44. The Morgan fingerprint density at radius 2 is 1.97 bits per heavy atom. The van der Waals surface area contributed by atoms with Gasteiger partial charge in [-0.1, -0.05) is 55.4 Å². The van der Waals surface area contributed by atoms with Crippen molar-refractivity contribution in [2.75, 3.05) is 19.8 Å². The van der Waals surface area contributed by atoms with Gasteiger partial charge in [0, 0.05) is 24.6 Å². The van der Waals surface area contributed by atoms with Crippen LogP contribution in [0.1, 0.15) is 47.6 Å². The van der Waals surface area contributed by atoms with Gasteiger partial charge in [-0.25, -0.2) is 0 Å². The number of fused-ring (bicyclic) bond motifs is 1. The quantitative estimate of drug-likeness (QED) is 0.614. The molecule has 6 nitrogen and oxygen atoms in total. The molecular weight excluding hydrogens is 380 g/mol. The number of rotatable bonds is 7. The summed E-state index contributed by atoms with van der Waals surface area (Å²) in [6, 6.07) is 14.5. The van der Waals surface area contributed by atoms with E-state index in [4.69, 9.17) is 14.0 Å². The van der Waals surface area contributed by atoms with Crippen molar-refractivity contribution in [3.63, 3.8) is 0 Å². The van der Waals surface area contributed by atoms with Crippen molar-refractivity contribution >= 4 is 16.7 Å². The van der Waals surface area contributed by atoms with Gasteiger partial charge >= 0.3 is 0 Å². The molecule has 3 aromatic rings. The van der Waals surface area contributed by atoms with Gasteiger partial charge in [0.1, 0.15) is 6.61 Å². The molecule has 30 heavy (non-hydrogen) atoms. The third-order valence-corrected chi connectivity index (χ3v) is 5.13. The first-order valence-corrected chi connectivity index (χ1v) is 10.6. The Labute approximate surface area is 177 Å². The fourth-order valence-corrected chi connectivity index (χ4v) is 3.37. The molecule has 6 heteroatoms. The SMILES string of the molecule is CC.Cc1c(C(=O)NCC2CCOC2)noc1COCc1ccc2ccccc2c1. The third-order valence-electron chi connectivity index (χ3n) is 5.13. The summed E-state index contributed by atoms with van der Waals surface area (Å²) in [6.07, 6.45) is 0.978. The van der Waals surface area contributed by atoms with Gasteiger partial charge in [0.2, 0.25) is 0 Å². The molecule has 2 aromatic carbocycles. The molecule has 0 saturated carbocycles. The average molecular weight is 411 g/mol. The highest BCUT2D eigenvalue weighted by atomic mass is 16.5. The second-order valence-corrected chi connectivity index (χ2v) is 7.19. The van der Waals surface area contributed by atoms with Gasteiger partial charge in [-0.3, -0.25) is 4.79 Å². The van der Waals surface area contributed by atoms with Crippen LogP contribution in [-0.2, 0) is 22.7 Å². The van der Waals surface area contributed by atoms with Gasteiger partial charge in [0.25, 0.3) is 5.91 Å². The Bertz CT molecular complexity index is 961. The molecular formula is C24H30N2O4. The summed E-state index contributed by atoms with van der Waals surface area (Å²) in [5, 5.41) is 9.23. The van der Waals surface area contributed by atoms with Crippen molar-refractivity contribution in [2.24, 2.45) is 5.92 Å². The Kier molecular flexibility index (Phi) is 7.99. The topological polar surface area (TPSA) is 73.6 Å². The summed E-state index contributed by atoms with van der Waals surface area (Å²) in [7, 11) is 0. The Hall–Kier alpha value is -2.70. The standard InChI is InChI=1S/C22H24N2O4.C2H6/c1-15-20(28-24-21(15)22(25)23-11-17-8-9-26-13-17)14-27-12-16-6-7-18-4-2-3-5-19(18)10-16;1-2/h2-7,10,17H,8-9,11-14H2,1H3,(H,23,25);1-2H3. The molecule has 1 N–H and O–H groups in total. The second kappa shape index (κ2) is 10.9. The van der Waals surface area contributed by atoms with E-state index in [1.807, 2.05) is 32.9 Å². The molecule has 0 radical (unpaired) electrons.